The van der Waals surface area contributed by atoms with E-state index in [1.54, 1.807) is 0 Å². The van der Waals surface area contributed by atoms with Gasteiger partial charge >= 0.3 is 23.9 Å². The molecule has 0 aliphatic carbocycles. The quantitative estimate of drug-likeness (QED) is 0.0346. The number of amides is 3. The fraction of sp³-hybridized carbons (Fsp3) is 0.870. The SMILES string of the molecule is [2H]CC(O)C(O)C1OC(CC(C2(C(=O)O)CC(O)C(NC(C)=O)C(C(O)C(O)CO)O2)C(C(C)C)(C(C)C)C(CC2(C(=O)O)CC(O)C(NC(C)=O)C(C(O)C(O)CO)O2)C2(C(=O)O)CC(O)C(NC(C)=O)C(C(O)C(O)CO)O2)(C(=O)O)CC(O)C1C. The van der Waals surface area contributed by atoms with Crippen LogP contribution in [0.5, 0.6) is 0 Å². The van der Waals surface area contributed by atoms with Crippen LogP contribution in [0.3, 0.4) is 0 Å². The van der Waals surface area contributed by atoms with Gasteiger partial charge in [-0.05, 0) is 37.0 Å². The highest BCUT2D eigenvalue weighted by Gasteiger charge is 2.74. The summed E-state index contributed by atoms with van der Waals surface area (Å²) in [6.45, 7) is 3.93. The molecule has 4 aliphatic heterocycles. The third-order valence-electron chi connectivity index (χ3n) is 18.4. The lowest BCUT2D eigenvalue weighted by Gasteiger charge is -2.65. The molecule has 502 valence electrons. The predicted octanol–water partition coefficient (Wildman–Crippen LogP) is -7.78. The van der Waals surface area contributed by atoms with E-state index in [2.05, 4.69) is 16.0 Å². The number of ether oxygens (including phenoxy) is 4. The highest BCUT2D eigenvalue weighted by molar-refractivity contribution is 5.83. The zero-order valence-corrected chi connectivity index (χ0v) is 49.4. The summed E-state index contributed by atoms with van der Waals surface area (Å²) < 4.78 is 33.5. The Morgan fingerprint density at radius 1 is 0.483 bits per heavy atom. The molecule has 0 aromatic carbocycles. The van der Waals surface area contributed by atoms with E-state index in [9.17, 15) is 121 Å². The summed E-state index contributed by atoms with van der Waals surface area (Å²) in [5.41, 5.74) is -16.6. The summed E-state index contributed by atoms with van der Waals surface area (Å²) in [5, 5.41) is 225. The average Bonchev–Trinajstić information content (AvgIpc) is 0.693. The van der Waals surface area contributed by atoms with Crippen molar-refractivity contribution in [2.24, 2.45) is 35.0 Å². The summed E-state index contributed by atoms with van der Waals surface area (Å²) in [7, 11) is 0. The Balaban J connectivity index is 2.50. The molecule has 4 saturated heterocycles. The van der Waals surface area contributed by atoms with E-state index in [0.29, 0.717) is 0 Å². The summed E-state index contributed by atoms with van der Waals surface area (Å²) in [4.78, 5) is 98.1. The molecule has 26 atom stereocenters. The summed E-state index contributed by atoms with van der Waals surface area (Å²) >= 11 is 0. The van der Waals surface area contributed by atoms with E-state index in [1.807, 2.05) is 0 Å². The fourth-order valence-electron chi connectivity index (χ4n) is 14.3. The van der Waals surface area contributed by atoms with E-state index in [0.717, 1.165) is 20.8 Å². The van der Waals surface area contributed by atoms with Crippen molar-refractivity contribution in [3.05, 3.63) is 0 Å². The Bertz CT molecular complexity index is 2420. The number of hydrogen-bond acceptors (Lipinski definition) is 26. The first-order chi connectivity index (χ1) is 40.6. The van der Waals surface area contributed by atoms with Crippen LogP contribution in [0, 0.1) is 35.0 Å². The number of aliphatic hydroxyl groups is 15. The van der Waals surface area contributed by atoms with Crippen LogP contribution in [0.2, 0.25) is 0 Å². The van der Waals surface area contributed by atoms with Gasteiger partial charge in [-0.25, -0.2) is 19.2 Å². The number of nitrogens with one attached hydrogen (secondary N) is 3. The Hall–Kier alpha value is -4.47. The molecule has 0 saturated carbocycles. The Morgan fingerprint density at radius 3 is 1.06 bits per heavy atom. The van der Waals surface area contributed by atoms with Crippen LogP contribution < -0.4 is 16.0 Å². The van der Waals surface area contributed by atoms with Crippen molar-refractivity contribution >= 4 is 41.6 Å². The van der Waals surface area contributed by atoms with Crippen molar-refractivity contribution < 1.29 is 151 Å². The van der Waals surface area contributed by atoms with Gasteiger partial charge in [0.25, 0.3) is 0 Å². The third kappa shape index (κ3) is 14.7. The number of carbonyl (C=O) groups is 7. The number of aliphatic hydroxyl groups excluding tert-OH is 15. The second-order valence-electron chi connectivity index (χ2n) is 24.5. The first kappa shape index (κ1) is 73.3. The van der Waals surface area contributed by atoms with Crippen molar-refractivity contribution in [2.75, 3.05) is 19.8 Å². The van der Waals surface area contributed by atoms with E-state index in [-0.39, 0.29) is 0 Å². The first-order valence-electron chi connectivity index (χ1n) is 29.1. The van der Waals surface area contributed by atoms with E-state index in [1.165, 1.54) is 34.6 Å². The molecule has 33 nitrogen and oxygen atoms in total. The first-order valence-corrected chi connectivity index (χ1v) is 28.4. The van der Waals surface area contributed by atoms with Crippen molar-refractivity contribution in [3.8, 4) is 0 Å². The van der Waals surface area contributed by atoms with E-state index in [4.69, 9.17) is 20.3 Å². The molecule has 87 heavy (non-hydrogen) atoms. The fourth-order valence-corrected chi connectivity index (χ4v) is 14.3. The molecular weight excluding hydrogens is 1170 g/mol. The number of carboxylic acids is 4. The summed E-state index contributed by atoms with van der Waals surface area (Å²) in [5.74, 6) is -21.9. The largest absolute Gasteiger partial charge is 0.479 e. The van der Waals surface area contributed by atoms with Gasteiger partial charge in [0.15, 0.2) is 22.4 Å². The van der Waals surface area contributed by atoms with Crippen LogP contribution in [0.25, 0.3) is 0 Å². The Labute approximate surface area is 501 Å². The van der Waals surface area contributed by atoms with Gasteiger partial charge in [-0.3, -0.25) is 14.4 Å². The topological polar surface area (TPSA) is 577 Å². The summed E-state index contributed by atoms with van der Waals surface area (Å²) in [6.07, 6.45) is -45.8. The zero-order chi connectivity index (χ0) is 67.4. The normalized spacial score (nSPS) is 37.0. The van der Waals surface area contributed by atoms with Crippen LogP contribution >= 0.6 is 0 Å². The molecule has 0 radical (unpaired) electrons. The maximum atomic E-state index is 15.2. The molecule has 0 aromatic heterocycles. The lowest BCUT2D eigenvalue weighted by molar-refractivity contribution is -0.308. The minimum absolute atomic E-state index is 0.896. The Morgan fingerprint density at radius 2 is 0.782 bits per heavy atom. The summed E-state index contributed by atoms with van der Waals surface area (Å²) in [6, 6.07) is -5.92. The molecule has 4 fully saturated rings. The highest BCUT2D eigenvalue weighted by Crippen LogP contribution is 2.65. The Kier molecular flexibility index (Phi) is 24.6. The van der Waals surface area contributed by atoms with Crippen molar-refractivity contribution in [1.29, 1.82) is 0 Å². The predicted molar refractivity (Wildman–Crippen MR) is 289 cm³/mol. The van der Waals surface area contributed by atoms with Crippen LogP contribution in [0.1, 0.15) is 102 Å². The molecule has 33 heteroatoms. The monoisotopic (exact) mass is 1260 g/mol. The molecular formula is C54H91N3O30. The van der Waals surface area contributed by atoms with Gasteiger partial charge in [0.1, 0.15) is 61.0 Å². The second-order valence-corrected chi connectivity index (χ2v) is 24.5. The highest BCUT2D eigenvalue weighted by atomic mass is 16.6. The molecule has 3 amide bonds. The van der Waals surface area contributed by atoms with Crippen LogP contribution in [-0.2, 0) is 52.5 Å². The van der Waals surface area contributed by atoms with Crippen molar-refractivity contribution in [3.63, 3.8) is 0 Å². The maximum absolute atomic E-state index is 15.2. The lowest BCUT2D eigenvalue weighted by Crippen LogP contribution is -2.76. The zero-order valence-electron chi connectivity index (χ0n) is 50.4. The lowest BCUT2D eigenvalue weighted by atomic mass is 9.44. The molecule has 0 bridgehead atoms. The van der Waals surface area contributed by atoms with Gasteiger partial charge in [-0.1, -0.05) is 34.6 Å². The molecule has 0 spiro atoms. The van der Waals surface area contributed by atoms with Crippen LogP contribution in [0.15, 0.2) is 0 Å². The third-order valence-corrected chi connectivity index (χ3v) is 18.4. The number of hydrogen-bond donors (Lipinski definition) is 22. The maximum Gasteiger partial charge on any atom is 0.336 e. The van der Waals surface area contributed by atoms with Crippen LogP contribution in [-0.4, -0.2) is 297 Å². The molecule has 0 aromatic rings. The number of carbonyl (C=O) groups excluding carboxylic acids is 3. The van der Waals surface area contributed by atoms with Crippen LogP contribution in [0.4, 0.5) is 0 Å². The molecule has 4 aliphatic rings. The van der Waals surface area contributed by atoms with Gasteiger partial charge in [-0.2, -0.15) is 0 Å². The van der Waals surface area contributed by atoms with E-state index < -0.39 is 280 Å². The smallest absolute Gasteiger partial charge is 0.336 e. The number of rotatable bonds is 28. The second kappa shape index (κ2) is 29.2. The number of carboxylic acid groups (broad SMARTS) is 4. The standard InChI is InChI=1S/C54H91N3O30/c1-19(2)54(20(3)4,33(14-50(46(76)77)10-26(65)21(5)42(84-50)38(72)22(6)61)52(48(80)81)12-28(67)36(56-24(8)63)44(86-52)40(74)31(70)17-59)34(53(49(82)83)13-29(68)37(57-25(9)64)45(87-53)41(75)32(71)18-60)15-51(47(78)79)11-27(66)35(55-23(7)62)43(85-51)39(73)30(69)16-58/h19-22,26-45,58-61,65-75H,10-18H2,1-9H3,(H,55,62)(H,56,63)(H,57,64)(H,76,77)(H,78,79)(H,80,81)(H,82,83)/i6D. The van der Waals surface area contributed by atoms with Gasteiger partial charge in [-0.15, -0.1) is 0 Å². The van der Waals surface area contributed by atoms with Crippen molar-refractivity contribution in [1.82, 2.24) is 16.0 Å². The minimum Gasteiger partial charge on any atom is -0.479 e. The molecule has 4 heterocycles. The van der Waals surface area contributed by atoms with E-state index >= 15 is 9.59 Å². The number of aliphatic carboxylic acids is 4. The molecule has 22 N–H and O–H groups in total. The van der Waals surface area contributed by atoms with Gasteiger partial charge < -0.3 is 132 Å². The van der Waals surface area contributed by atoms with Gasteiger partial charge in [0.05, 0.1) is 74.6 Å². The van der Waals surface area contributed by atoms with Gasteiger partial charge in [0, 0.05) is 65.6 Å². The molecule has 4 rings (SSSR count). The van der Waals surface area contributed by atoms with Gasteiger partial charge in [0.2, 0.25) is 17.7 Å². The van der Waals surface area contributed by atoms with Crippen molar-refractivity contribution in [2.45, 2.75) is 239 Å². The average molecular weight is 1260 g/mol. The minimum atomic E-state index is -3.58. The molecule has 26 unspecified atom stereocenters.